The number of rotatable bonds is 2. The zero-order chi connectivity index (χ0) is 15.5. The number of carbonyl (C=O) groups excluding carboxylic acids is 1. The van der Waals surface area contributed by atoms with Gasteiger partial charge < -0.3 is 20.4 Å². The van der Waals surface area contributed by atoms with Crippen LogP contribution in [-0.2, 0) is 0 Å². The van der Waals surface area contributed by atoms with Gasteiger partial charge in [0.15, 0.2) is 5.69 Å². The van der Waals surface area contributed by atoms with E-state index in [0.717, 1.165) is 0 Å². The highest BCUT2D eigenvalue weighted by atomic mass is 16.4. The number of carboxylic acids is 1. The molecule has 1 unspecified atom stereocenters. The molecule has 3 N–H and O–H groups in total. The zero-order valence-corrected chi connectivity index (χ0v) is 11.9. The lowest BCUT2D eigenvalue weighted by atomic mass is 9.98. The highest BCUT2D eigenvalue weighted by molar-refractivity contribution is 5.98. The summed E-state index contributed by atoms with van der Waals surface area (Å²) in [4.78, 5) is 28.6. The topological polar surface area (TPSA) is 103 Å². The highest BCUT2D eigenvalue weighted by Crippen LogP contribution is 2.22. The molecule has 0 radical (unpaired) electrons. The van der Waals surface area contributed by atoms with Gasteiger partial charge in [0.2, 0.25) is 0 Å². The number of nitrogens with one attached hydrogen (secondary N) is 1. The lowest BCUT2D eigenvalue weighted by molar-refractivity contribution is 0.0458. The summed E-state index contributed by atoms with van der Waals surface area (Å²) in [5, 5.41) is 21.6. The number of aliphatic hydroxyl groups is 1. The van der Waals surface area contributed by atoms with E-state index >= 15 is 0 Å². The number of hydrogen-bond acceptors (Lipinski definition) is 4. The first kappa shape index (κ1) is 15.2. The third kappa shape index (κ3) is 3.91. The molecule has 1 aromatic rings. The van der Waals surface area contributed by atoms with Crippen molar-refractivity contribution >= 4 is 17.7 Å². The Morgan fingerprint density at radius 2 is 2.14 bits per heavy atom. The van der Waals surface area contributed by atoms with Crippen LogP contribution in [0.25, 0.3) is 0 Å². The second-order valence-electron chi connectivity index (χ2n) is 5.47. The molecule has 0 bridgehead atoms. The quantitative estimate of drug-likeness (QED) is 0.767. The summed E-state index contributed by atoms with van der Waals surface area (Å²) >= 11 is 0. The molecular weight excluding hydrogens is 274 g/mol. The van der Waals surface area contributed by atoms with Crippen molar-refractivity contribution in [3.8, 4) is 0 Å². The number of carboxylic acid groups (broad SMARTS) is 1. The van der Waals surface area contributed by atoms with Gasteiger partial charge in [-0.1, -0.05) is 0 Å². The van der Waals surface area contributed by atoms with Gasteiger partial charge in [-0.05, 0) is 38.3 Å². The highest BCUT2D eigenvalue weighted by Gasteiger charge is 2.27. The van der Waals surface area contributed by atoms with Crippen LogP contribution in [-0.4, -0.2) is 50.8 Å². The molecular formula is C14H19N3O4. The summed E-state index contributed by atoms with van der Waals surface area (Å²) < 4.78 is 0. The first-order valence-corrected chi connectivity index (χ1v) is 6.86. The monoisotopic (exact) mass is 293 g/mol. The van der Waals surface area contributed by atoms with E-state index in [2.05, 4.69) is 10.3 Å². The number of nitrogens with zero attached hydrogens (tertiary/aromatic N) is 2. The molecule has 0 aromatic carbocycles. The van der Waals surface area contributed by atoms with E-state index in [1.807, 2.05) is 0 Å². The van der Waals surface area contributed by atoms with Crippen molar-refractivity contribution in [2.24, 2.45) is 0 Å². The molecule has 2 rings (SSSR count). The van der Waals surface area contributed by atoms with Crippen LogP contribution in [0.2, 0.25) is 0 Å². The van der Waals surface area contributed by atoms with Crippen LogP contribution in [0.15, 0.2) is 18.3 Å². The Morgan fingerprint density at radius 3 is 2.86 bits per heavy atom. The molecule has 1 aromatic heterocycles. The molecule has 7 heteroatoms. The molecule has 2 amide bonds. The number of likely N-dealkylation sites (tertiary alicyclic amines) is 1. The Morgan fingerprint density at radius 1 is 1.38 bits per heavy atom. The van der Waals surface area contributed by atoms with Gasteiger partial charge in [0.05, 0.1) is 11.3 Å². The maximum Gasteiger partial charge on any atom is 0.356 e. The Balaban J connectivity index is 2.06. The van der Waals surface area contributed by atoms with Gasteiger partial charge in [0.1, 0.15) is 0 Å². The Hall–Kier alpha value is -2.15. The van der Waals surface area contributed by atoms with Gasteiger partial charge >= 0.3 is 12.0 Å². The molecule has 1 fully saturated rings. The largest absolute Gasteiger partial charge is 0.476 e. The van der Waals surface area contributed by atoms with Crippen LogP contribution in [0.4, 0.5) is 10.5 Å². The molecule has 7 nitrogen and oxygen atoms in total. The molecule has 1 saturated heterocycles. The van der Waals surface area contributed by atoms with E-state index in [0.29, 0.717) is 32.4 Å². The molecule has 0 aliphatic carbocycles. The summed E-state index contributed by atoms with van der Waals surface area (Å²) in [6.45, 7) is 2.73. The minimum absolute atomic E-state index is 0.172. The lowest BCUT2D eigenvalue weighted by Gasteiger charge is -2.23. The third-order valence-corrected chi connectivity index (χ3v) is 3.60. The van der Waals surface area contributed by atoms with Gasteiger partial charge in [-0.3, -0.25) is 0 Å². The van der Waals surface area contributed by atoms with Crippen molar-refractivity contribution < 1.29 is 19.8 Å². The molecule has 0 saturated carbocycles. The Labute approximate surface area is 122 Å². The maximum absolute atomic E-state index is 12.2. The average Bonchev–Trinajstić information content (AvgIpc) is 2.60. The zero-order valence-electron chi connectivity index (χ0n) is 11.9. The lowest BCUT2D eigenvalue weighted by Crippen LogP contribution is -2.37. The first-order valence-electron chi connectivity index (χ1n) is 6.86. The van der Waals surface area contributed by atoms with Crippen LogP contribution in [0.3, 0.4) is 0 Å². The fourth-order valence-electron chi connectivity index (χ4n) is 2.34. The summed E-state index contributed by atoms with van der Waals surface area (Å²) in [6, 6.07) is 2.70. The molecule has 1 aliphatic rings. The SMILES string of the molecule is CC1(O)CCCN(C(=O)Nc2cccnc2C(=O)O)CC1. The van der Waals surface area contributed by atoms with Crippen LogP contribution >= 0.6 is 0 Å². The number of hydrogen-bond donors (Lipinski definition) is 3. The maximum atomic E-state index is 12.2. The Bertz CT molecular complexity index is 545. The second kappa shape index (κ2) is 6.09. The first-order chi connectivity index (χ1) is 9.89. The smallest absolute Gasteiger partial charge is 0.356 e. The van der Waals surface area contributed by atoms with Crippen LogP contribution < -0.4 is 5.32 Å². The molecule has 1 aliphatic heterocycles. The number of carbonyl (C=O) groups is 2. The predicted molar refractivity (Wildman–Crippen MR) is 76.3 cm³/mol. The Kier molecular flexibility index (Phi) is 4.42. The number of aromatic carboxylic acids is 1. The average molecular weight is 293 g/mol. The number of aromatic nitrogens is 1. The minimum Gasteiger partial charge on any atom is -0.476 e. The summed E-state index contributed by atoms with van der Waals surface area (Å²) in [5.74, 6) is -1.19. The van der Waals surface area contributed by atoms with Gasteiger partial charge in [0, 0.05) is 19.3 Å². The van der Waals surface area contributed by atoms with Crippen molar-refractivity contribution in [3.05, 3.63) is 24.0 Å². The van der Waals surface area contributed by atoms with E-state index in [1.54, 1.807) is 17.9 Å². The number of pyridine rings is 1. The van der Waals surface area contributed by atoms with Crippen LogP contribution in [0, 0.1) is 0 Å². The fraction of sp³-hybridized carbons (Fsp3) is 0.500. The van der Waals surface area contributed by atoms with E-state index in [4.69, 9.17) is 5.11 Å². The van der Waals surface area contributed by atoms with Crippen molar-refractivity contribution in [2.75, 3.05) is 18.4 Å². The summed E-state index contributed by atoms with van der Waals surface area (Å²) in [6.07, 6.45) is 3.21. The summed E-state index contributed by atoms with van der Waals surface area (Å²) in [5.41, 5.74) is -0.770. The molecule has 114 valence electrons. The van der Waals surface area contributed by atoms with Crippen molar-refractivity contribution in [1.82, 2.24) is 9.88 Å². The molecule has 21 heavy (non-hydrogen) atoms. The van der Waals surface area contributed by atoms with Crippen molar-refractivity contribution in [1.29, 1.82) is 0 Å². The van der Waals surface area contributed by atoms with Gasteiger partial charge in [-0.25, -0.2) is 14.6 Å². The summed E-state index contributed by atoms with van der Waals surface area (Å²) in [7, 11) is 0. The normalized spacial score (nSPS) is 22.5. The van der Waals surface area contributed by atoms with Crippen molar-refractivity contribution in [2.45, 2.75) is 31.8 Å². The standard InChI is InChI=1S/C14H19N3O4/c1-14(21)5-3-8-17(9-6-14)13(20)16-10-4-2-7-15-11(10)12(18)19/h2,4,7,21H,3,5-6,8-9H2,1H3,(H,16,20)(H,18,19). The molecule has 2 heterocycles. The van der Waals surface area contributed by atoms with E-state index in [1.165, 1.54) is 12.3 Å². The van der Waals surface area contributed by atoms with Gasteiger partial charge in [-0.15, -0.1) is 0 Å². The molecule has 0 spiro atoms. The number of urea groups is 1. The molecule has 1 atom stereocenters. The van der Waals surface area contributed by atoms with Gasteiger partial charge in [-0.2, -0.15) is 0 Å². The minimum atomic E-state index is -1.19. The predicted octanol–water partition coefficient (Wildman–Crippen LogP) is 1.55. The van der Waals surface area contributed by atoms with Crippen LogP contribution in [0.1, 0.15) is 36.7 Å². The fourth-order valence-corrected chi connectivity index (χ4v) is 2.34. The number of anilines is 1. The van der Waals surface area contributed by atoms with E-state index in [-0.39, 0.29) is 17.4 Å². The van der Waals surface area contributed by atoms with Gasteiger partial charge in [0.25, 0.3) is 0 Å². The van der Waals surface area contributed by atoms with E-state index < -0.39 is 11.6 Å². The third-order valence-electron chi connectivity index (χ3n) is 3.60. The second-order valence-corrected chi connectivity index (χ2v) is 5.47. The van der Waals surface area contributed by atoms with Crippen LogP contribution in [0.5, 0.6) is 0 Å². The van der Waals surface area contributed by atoms with E-state index in [9.17, 15) is 14.7 Å². The van der Waals surface area contributed by atoms with Crippen molar-refractivity contribution in [3.63, 3.8) is 0 Å². The number of amides is 2.